The lowest BCUT2D eigenvalue weighted by Crippen LogP contribution is -2.43. The third-order valence-corrected chi connectivity index (χ3v) is 5.70. The summed E-state index contributed by atoms with van der Waals surface area (Å²) in [5.41, 5.74) is 2.23. The molecule has 0 saturated carbocycles. The van der Waals surface area contributed by atoms with Crippen molar-refractivity contribution in [3.8, 4) is 0 Å². The maximum absolute atomic E-state index is 12.9. The lowest BCUT2D eigenvalue weighted by molar-refractivity contribution is 0.589. The number of rotatable bonds is 3. The first-order chi connectivity index (χ1) is 11.3. The van der Waals surface area contributed by atoms with Gasteiger partial charge < -0.3 is 15.2 Å². The van der Waals surface area contributed by atoms with E-state index in [1.54, 1.807) is 0 Å². The van der Waals surface area contributed by atoms with Crippen LogP contribution in [0, 0.1) is 0 Å². The predicted molar refractivity (Wildman–Crippen MR) is 94.5 cm³/mol. The molecule has 5 heteroatoms. The number of hydrogen-bond acceptors (Lipinski definition) is 3. The summed E-state index contributed by atoms with van der Waals surface area (Å²) in [4.78, 5) is 7.30. The molecule has 4 nitrogen and oxygen atoms in total. The van der Waals surface area contributed by atoms with Crippen molar-refractivity contribution in [1.82, 2.24) is 10.3 Å². The second-order valence-electron chi connectivity index (χ2n) is 5.70. The Morgan fingerprint density at radius 2 is 1.78 bits per heavy atom. The van der Waals surface area contributed by atoms with Crippen LogP contribution in [0.3, 0.4) is 0 Å². The van der Waals surface area contributed by atoms with Gasteiger partial charge in [0.2, 0.25) is 0 Å². The van der Waals surface area contributed by atoms with Gasteiger partial charge in [-0.2, -0.15) is 0 Å². The second kappa shape index (κ2) is 6.18. The first-order valence-corrected chi connectivity index (χ1v) is 9.01. The van der Waals surface area contributed by atoms with Gasteiger partial charge in [0.25, 0.3) is 0 Å². The number of benzene rings is 2. The zero-order valence-electron chi connectivity index (χ0n) is 12.8. The molecule has 1 saturated heterocycles. The van der Waals surface area contributed by atoms with E-state index in [1.165, 1.54) is 5.69 Å². The second-order valence-corrected chi connectivity index (χ2v) is 7.15. The van der Waals surface area contributed by atoms with E-state index in [0.29, 0.717) is 0 Å². The van der Waals surface area contributed by atoms with Gasteiger partial charge in [-0.15, -0.1) is 0 Å². The summed E-state index contributed by atoms with van der Waals surface area (Å²) in [5.74, 6) is 0. The minimum Gasteiger partial charge on any atom is -0.369 e. The van der Waals surface area contributed by atoms with Crippen molar-refractivity contribution in [2.75, 3.05) is 31.1 Å². The predicted octanol–water partition coefficient (Wildman–Crippen LogP) is 2.74. The number of hydrogen-bond donors (Lipinski definition) is 2. The first-order valence-electron chi connectivity index (χ1n) is 7.86. The van der Waals surface area contributed by atoms with Crippen LogP contribution in [-0.2, 0) is 10.8 Å². The van der Waals surface area contributed by atoms with E-state index >= 15 is 0 Å². The topological polar surface area (TPSA) is 48.1 Å². The SMILES string of the molecule is O=S(c1ccccc1)c1c[nH]c2ccc(N3CCNCC3)cc12. The summed E-state index contributed by atoms with van der Waals surface area (Å²) in [5, 5.41) is 4.42. The molecule has 0 bridgehead atoms. The molecule has 1 atom stereocenters. The third kappa shape index (κ3) is 2.78. The highest BCUT2D eigenvalue weighted by molar-refractivity contribution is 7.85. The molecule has 23 heavy (non-hydrogen) atoms. The molecular weight excluding hydrogens is 306 g/mol. The molecule has 118 valence electrons. The Bertz CT molecular complexity index is 838. The highest BCUT2D eigenvalue weighted by atomic mass is 32.2. The highest BCUT2D eigenvalue weighted by Gasteiger charge is 2.15. The number of nitrogens with one attached hydrogen (secondary N) is 2. The number of aromatic amines is 1. The number of H-pyrrole nitrogens is 1. The van der Waals surface area contributed by atoms with Gasteiger partial charge in [0.15, 0.2) is 0 Å². The number of anilines is 1. The van der Waals surface area contributed by atoms with Gasteiger partial charge in [0, 0.05) is 53.9 Å². The van der Waals surface area contributed by atoms with Crippen LogP contribution in [0.25, 0.3) is 10.9 Å². The van der Waals surface area contributed by atoms with Crippen LogP contribution < -0.4 is 10.2 Å². The van der Waals surface area contributed by atoms with Crippen LogP contribution in [0.4, 0.5) is 5.69 Å². The highest BCUT2D eigenvalue weighted by Crippen LogP contribution is 2.29. The minimum atomic E-state index is -1.17. The van der Waals surface area contributed by atoms with Crippen LogP contribution in [0.2, 0.25) is 0 Å². The fourth-order valence-electron chi connectivity index (χ4n) is 3.03. The van der Waals surface area contributed by atoms with Gasteiger partial charge in [0.1, 0.15) is 0 Å². The van der Waals surface area contributed by atoms with Gasteiger partial charge in [-0.3, -0.25) is 0 Å². The fraction of sp³-hybridized carbons (Fsp3) is 0.222. The van der Waals surface area contributed by atoms with Crippen LogP contribution in [0.5, 0.6) is 0 Å². The Hall–Kier alpha value is -2.11. The summed E-state index contributed by atoms with van der Waals surface area (Å²) in [7, 11) is -1.17. The summed E-state index contributed by atoms with van der Waals surface area (Å²) in [6.07, 6.45) is 1.87. The Labute approximate surface area is 138 Å². The van der Waals surface area contributed by atoms with E-state index < -0.39 is 10.8 Å². The Morgan fingerprint density at radius 3 is 2.57 bits per heavy atom. The maximum Gasteiger partial charge on any atom is 0.0871 e. The standard InChI is InChI=1S/C18H19N3OS/c22-23(15-4-2-1-3-5-15)18-13-20-17-7-6-14(12-16(17)18)21-10-8-19-9-11-21/h1-7,12-13,19-20H,8-11H2. The van der Waals surface area contributed by atoms with Gasteiger partial charge >= 0.3 is 0 Å². The van der Waals surface area contributed by atoms with Crippen molar-refractivity contribution in [2.45, 2.75) is 9.79 Å². The van der Waals surface area contributed by atoms with Crippen molar-refractivity contribution in [2.24, 2.45) is 0 Å². The third-order valence-electron chi connectivity index (χ3n) is 4.27. The monoisotopic (exact) mass is 325 g/mol. The van der Waals surface area contributed by atoms with Gasteiger partial charge in [-0.1, -0.05) is 18.2 Å². The van der Waals surface area contributed by atoms with Crippen molar-refractivity contribution < 1.29 is 4.21 Å². The fourth-order valence-corrected chi connectivity index (χ4v) is 4.22. The van der Waals surface area contributed by atoms with Gasteiger partial charge in [0.05, 0.1) is 15.7 Å². The lowest BCUT2D eigenvalue weighted by atomic mass is 10.2. The quantitative estimate of drug-likeness (QED) is 0.778. The first kappa shape index (κ1) is 14.5. The summed E-state index contributed by atoms with van der Waals surface area (Å²) in [6, 6.07) is 16.0. The molecule has 1 unspecified atom stereocenters. The average Bonchev–Trinajstić information content (AvgIpc) is 3.05. The maximum atomic E-state index is 12.9. The molecule has 3 aromatic rings. The Morgan fingerprint density at radius 1 is 1.00 bits per heavy atom. The average molecular weight is 325 g/mol. The lowest BCUT2D eigenvalue weighted by Gasteiger charge is -2.29. The molecule has 0 spiro atoms. The Kier molecular flexibility index (Phi) is 3.89. The van der Waals surface area contributed by atoms with Gasteiger partial charge in [-0.25, -0.2) is 4.21 Å². The molecule has 1 aromatic heterocycles. The number of aromatic nitrogens is 1. The van der Waals surface area contributed by atoms with Crippen molar-refractivity contribution >= 4 is 27.4 Å². The van der Waals surface area contributed by atoms with Crippen molar-refractivity contribution in [3.63, 3.8) is 0 Å². The smallest absolute Gasteiger partial charge is 0.0871 e. The molecule has 0 amide bonds. The summed E-state index contributed by atoms with van der Waals surface area (Å²) >= 11 is 0. The van der Waals surface area contributed by atoms with Crippen molar-refractivity contribution in [3.05, 3.63) is 54.7 Å². The minimum absolute atomic E-state index is 0.834. The molecule has 2 aromatic carbocycles. The van der Waals surface area contributed by atoms with E-state index in [1.807, 2.05) is 36.5 Å². The molecule has 1 fully saturated rings. The van der Waals surface area contributed by atoms with Crippen molar-refractivity contribution in [1.29, 1.82) is 0 Å². The van der Waals surface area contributed by atoms with E-state index in [2.05, 4.69) is 33.4 Å². The molecule has 2 heterocycles. The molecule has 4 rings (SSSR count). The molecule has 1 aliphatic rings. The van der Waals surface area contributed by atoms with Crippen LogP contribution >= 0.6 is 0 Å². The largest absolute Gasteiger partial charge is 0.369 e. The van der Waals surface area contributed by atoms with E-state index in [-0.39, 0.29) is 0 Å². The zero-order valence-corrected chi connectivity index (χ0v) is 13.6. The normalized spacial score (nSPS) is 16.6. The number of piperazine rings is 1. The van der Waals surface area contributed by atoms with Crippen LogP contribution in [0.15, 0.2) is 64.5 Å². The molecule has 0 aliphatic carbocycles. The van der Waals surface area contributed by atoms with Crippen LogP contribution in [0.1, 0.15) is 0 Å². The molecule has 2 N–H and O–H groups in total. The Balaban J connectivity index is 1.74. The number of nitrogens with zero attached hydrogens (tertiary/aromatic N) is 1. The molecule has 0 radical (unpaired) electrons. The van der Waals surface area contributed by atoms with E-state index in [4.69, 9.17) is 0 Å². The zero-order chi connectivity index (χ0) is 15.6. The molecular formula is C18H19N3OS. The molecule has 1 aliphatic heterocycles. The van der Waals surface area contributed by atoms with Crippen LogP contribution in [-0.4, -0.2) is 35.4 Å². The summed E-state index contributed by atoms with van der Waals surface area (Å²) < 4.78 is 12.9. The number of fused-ring (bicyclic) bond motifs is 1. The van der Waals surface area contributed by atoms with E-state index in [9.17, 15) is 4.21 Å². The van der Waals surface area contributed by atoms with Gasteiger partial charge in [-0.05, 0) is 30.3 Å². The summed E-state index contributed by atoms with van der Waals surface area (Å²) in [6.45, 7) is 4.03. The van der Waals surface area contributed by atoms with E-state index in [0.717, 1.165) is 46.9 Å².